The number of methoxy groups -OCH3 is 3. The van der Waals surface area contributed by atoms with Crippen molar-refractivity contribution in [2.24, 2.45) is 0 Å². The zero-order valence-electron chi connectivity index (χ0n) is 35.2. The Morgan fingerprint density at radius 2 is 1.09 bits per heavy atom. The van der Waals surface area contributed by atoms with E-state index >= 15 is 0 Å². The average Bonchev–Trinajstić information content (AvgIpc) is 3.84. The number of alkyl halides is 3. The maximum Gasteiger partial charge on any atom is 0.446 e. The minimum Gasteiger partial charge on any atom is -0.497 e. The standard InChI is InChI=1S/C19H19F2N3O5S2.C17H15F2N3O4S2.C2HF3O.H2O/c1-11-5-13(28-4)7-14(6-11)29-17-8-16(21)18(9-15(17)20)31(25,26)24(10-27-3)19-22-12(2)23-30-19;1-9-4-11(25-3)6-12(5-9)26-15-7-14(19)16(8-13(15)18)28(23,24)22-17-20-10(2)21-27-17;3-2(4,5)1-6;/h5-9H,10H2,1-4H3;4-8H,1-3H3,(H,20,21,22);1H;1H2. The second-order valence-corrected chi connectivity index (χ2v) is 17.8. The first-order chi connectivity index (χ1) is 30.4. The first-order valence-corrected chi connectivity index (χ1v) is 22.2. The Bertz CT molecular complexity index is 2870. The van der Waals surface area contributed by atoms with Crippen LogP contribution < -0.4 is 28.0 Å². The number of anilines is 2. The summed E-state index contributed by atoms with van der Waals surface area (Å²) < 4.78 is 177. The highest BCUT2D eigenvalue weighted by molar-refractivity contribution is 7.93. The van der Waals surface area contributed by atoms with Crippen molar-refractivity contribution in [3.63, 3.8) is 0 Å². The largest absolute Gasteiger partial charge is 0.497 e. The van der Waals surface area contributed by atoms with Gasteiger partial charge in [0.15, 0.2) is 23.1 Å². The van der Waals surface area contributed by atoms with Gasteiger partial charge in [-0.2, -0.15) is 21.9 Å². The number of hydrogen-bond donors (Lipinski definition) is 1. The Kier molecular flexibility index (Phi) is 18.7. The van der Waals surface area contributed by atoms with Gasteiger partial charge in [-0.3, -0.25) is 9.52 Å². The van der Waals surface area contributed by atoms with E-state index in [0.717, 1.165) is 34.2 Å². The maximum atomic E-state index is 14.8. The molecule has 6 rings (SSSR count). The molecule has 0 atom stereocenters. The fraction of sp³-hybridized carbons (Fsp3) is 0.237. The monoisotopic (exact) mass is 1010 g/mol. The lowest BCUT2D eigenvalue weighted by atomic mass is 10.2. The number of benzene rings is 4. The molecular formula is C38H37F7N6O11S4. The van der Waals surface area contributed by atoms with Gasteiger partial charge in [-0.05, 0) is 63.1 Å². The van der Waals surface area contributed by atoms with Gasteiger partial charge in [0.2, 0.25) is 16.5 Å². The lowest BCUT2D eigenvalue weighted by Gasteiger charge is -2.21. The number of rotatable bonds is 14. The summed E-state index contributed by atoms with van der Waals surface area (Å²) in [5.74, 6) is -3.37. The minimum absolute atomic E-state index is 0. The fourth-order valence-electron chi connectivity index (χ4n) is 4.98. The highest BCUT2D eigenvalue weighted by atomic mass is 32.2. The van der Waals surface area contributed by atoms with Gasteiger partial charge in [0.1, 0.15) is 62.8 Å². The summed E-state index contributed by atoms with van der Waals surface area (Å²) in [5.41, 5.74) is 1.56. The molecule has 28 heteroatoms. The Balaban J connectivity index is 0.000000309. The molecule has 3 N–H and O–H groups in total. The van der Waals surface area contributed by atoms with Gasteiger partial charge in [-0.15, -0.1) is 0 Å². The number of aryl methyl sites for hydroxylation is 4. The van der Waals surface area contributed by atoms with Crippen molar-refractivity contribution in [2.75, 3.05) is 37.1 Å². The van der Waals surface area contributed by atoms with Crippen LogP contribution in [0.1, 0.15) is 22.8 Å². The average molecular weight is 1010 g/mol. The third kappa shape index (κ3) is 14.7. The van der Waals surface area contributed by atoms with E-state index in [2.05, 4.69) is 23.4 Å². The second kappa shape index (κ2) is 22.8. The van der Waals surface area contributed by atoms with E-state index in [1.54, 1.807) is 52.0 Å². The van der Waals surface area contributed by atoms with Gasteiger partial charge in [-0.1, -0.05) is 0 Å². The van der Waals surface area contributed by atoms with Crippen molar-refractivity contribution in [3.05, 3.63) is 107 Å². The molecule has 0 unspecified atom stereocenters. The van der Waals surface area contributed by atoms with Gasteiger partial charge in [0, 0.05) is 66.6 Å². The Morgan fingerprint density at radius 3 is 1.50 bits per heavy atom. The third-order valence-corrected chi connectivity index (χ3v) is 12.5. The molecule has 0 aliphatic rings. The topological polar surface area (TPSA) is 230 Å². The van der Waals surface area contributed by atoms with Gasteiger partial charge < -0.3 is 29.2 Å². The first-order valence-electron chi connectivity index (χ1n) is 17.7. The summed E-state index contributed by atoms with van der Waals surface area (Å²) in [6, 6.07) is 12.1. The molecule has 0 saturated carbocycles. The number of carbonyl (C=O) groups is 1. The summed E-state index contributed by atoms with van der Waals surface area (Å²) in [6.45, 7) is 6.25. The number of carbonyl (C=O) groups excluding carboxylic acids is 1. The number of hydrogen-bond acceptors (Lipinski definition) is 16. The zero-order chi connectivity index (χ0) is 48.4. The Labute approximate surface area is 380 Å². The van der Waals surface area contributed by atoms with Gasteiger partial charge in [0.25, 0.3) is 20.0 Å². The van der Waals surface area contributed by atoms with Crippen molar-refractivity contribution < 1.29 is 81.5 Å². The summed E-state index contributed by atoms with van der Waals surface area (Å²) in [6.07, 6.45) is -5.70. The van der Waals surface area contributed by atoms with Crippen molar-refractivity contribution in [1.29, 1.82) is 0 Å². The third-order valence-electron chi connectivity index (χ3n) is 7.67. The van der Waals surface area contributed by atoms with Crippen LogP contribution in [0.15, 0.2) is 70.5 Å². The molecule has 0 fully saturated rings. The molecule has 0 bridgehead atoms. The van der Waals surface area contributed by atoms with Gasteiger partial charge in [-0.25, -0.2) is 48.7 Å². The summed E-state index contributed by atoms with van der Waals surface area (Å²) in [4.78, 5) is 14.8. The molecule has 0 spiro atoms. The second-order valence-electron chi connectivity index (χ2n) is 12.8. The fourth-order valence-corrected chi connectivity index (χ4v) is 9.10. The smallest absolute Gasteiger partial charge is 0.446 e. The van der Waals surface area contributed by atoms with E-state index in [1.807, 2.05) is 0 Å². The molecule has 0 radical (unpaired) electrons. The quantitative estimate of drug-likeness (QED) is 0.0620. The summed E-state index contributed by atoms with van der Waals surface area (Å²) >= 11 is 1.58. The van der Waals surface area contributed by atoms with E-state index < -0.39 is 83.8 Å². The van der Waals surface area contributed by atoms with Crippen LogP contribution in [0.5, 0.6) is 34.5 Å². The number of nitrogens with one attached hydrogen (secondary N) is 1. The normalized spacial score (nSPS) is 11.2. The van der Waals surface area contributed by atoms with Crippen LogP contribution in [0.2, 0.25) is 0 Å². The predicted molar refractivity (Wildman–Crippen MR) is 226 cm³/mol. The summed E-state index contributed by atoms with van der Waals surface area (Å²) in [7, 11) is -4.74. The zero-order valence-corrected chi connectivity index (χ0v) is 38.4. The minimum atomic E-state index is -4.64. The van der Waals surface area contributed by atoms with Crippen LogP contribution in [0, 0.1) is 51.0 Å². The molecular weight excluding hydrogens is 978 g/mol. The lowest BCUT2D eigenvalue weighted by molar-refractivity contribution is -0.156. The van der Waals surface area contributed by atoms with E-state index in [-0.39, 0.29) is 27.2 Å². The van der Waals surface area contributed by atoms with Gasteiger partial charge >= 0.3 is 6.18 Å². The van der Waals surface area contributed by atoms with Gasteiger partial charge in [0.05, 0.1) is 14.2 Å². The molecule has 6 aromatic rings. The highest BCUT2D eigenvalue weighted by Gasteiger charge is 2.32. The van der Waals surface area contributed by atoms with Crippen molar-refractivity contribution in [3.8, 4) is 34.5 Å². The molecule has 17 nitrogen and oxygen atoms in total. The van der Waals surface area contributed by atoms with Crippen molar-refractivity contribution >= 4 is 59.7 Å². The molecule has 2 heterocycles. The van der Waals surface area contributed by atoms with E-state index in [9.17, 15) is 47.6 Å². The number of ether oxygens (including phenoxy) is 5. The van der Waals surface area contributed by atoms with E-state index in [1.165, 1.54) is 33.5 Å². The highest BCUT2D eigenvalue weighted by Crippen LogP contribution is 2.35. The van der Waals surface area contributed by atoms with Crippen LogP contribution in [-0.4, -0.2) is 81.5 Å². The molecule has 0 saturated heterocycles. The van der Waals surface area contributed by atoms with E-state index in [4.69, 9.17) is 28.5 Å². The number of nitrogens with zero attached hydrogens (tertiary/aromatic N) is 5. The molecule has 66 heavy (non-hydrogen) atoms. The Hall–Kier alpha value is -6.20. The van der Waals surface area contributed by atoms with Crippen LogP contribution in [0.3, 0.4) is 0 Å². The first kappa shape index (κ1) is 54.1. The SMILES string of the molecule is COCN(c1nc(C)ns1)S(=O)(=O)c1cc(F)c(Oc2cc(C)cc(OC)c2)cc1F.COc1cc(C)cc(Oc2cc(F)c(S(=O)(=O)Nc3nc(C)ns3)cc2F)c1.O.O=CC(F)(F)F. The number of halogens is 7. The maximum absolute atomic E-state index is 14.8. The molecule has 0 aliphatic heterocycles. The van der Waals surface area contributed by atoms with Crippen LogP contribution >= 0.6 is 23.1 Å². The van der Waals surface area contributed by atoms with E-state index in [0.29, 0.717) is 51.7 Å². The van der Waals surface area contributed by atoms with Crippen LogP contribution in [0.4, 0.5) is 41.0 Å². The van der Waals surface area contributed by atoms with Crippen molar-refractivity contribution in [2.45, 2.75) is 43.7 Å². The molecule has 4 aromatic carbocycles. The molecule has 358 valence electrons. The molecule has 2 aromatic heterocycles. The number of aldehydes is 1. The summed E-state index contributed by atoms with van der Waals surface area (Å²) in [5, 5.41) is -0.0872. The lowest BCUT2D eigenvalue weighted by Crippen LogP contribution is -2.33. The Morgan fingerprint density at radius 1 is 0.652 bits per heavy atom. The predicted octanol–water partition coefficient (Wildman–Crippen LogP) is 7.99. The molecule has 0 amide bonds. The van der Waals surface area contributed by atoms with Crippen LogP contribution in [0.25, 0.3) is 0 Å². The molecule has 0 aliphatic carbocycles. The van der Waals surface area contributed by atoms with Crippen LogP contribution in [-0.2, 0) is 29.6 Å². The van der Waals surface area contributed by atoms with Crippen molar-refractivity contribution in [1.82, 2.24) is 18.7 Å². The number of sulfonamides is 2. The number of aromatic nitrogens is 4.